The van der Waals surface area contributed by atoms with Crippen LogP contribution in [0.15, 0.2) is 36.5 Å². The van der Waals surface area contributed by atoms with Gasteiger partial charge in [-0.2, -0.15) is 0 Å². The Balaban J connectivity index is 3.53. The van der Waals surface area contributed by atoms with Crippen LogP contribution in [0.1, 0.15) is 361 Å². The number of carbonyl (C=O) groups excluding carboxylic acids is 1. The molecule has 1 amide bonds. The van der Waals surface area contributed by atoms with Crippen LogP contribution < -0.4 is 5.32 Å². The molecule has 5 heteroatoms. The van der Waals surface area contributed by atoms with Crippen molar-refractivity contribution in [3.8, 4) is 0 Å². The Morgan fingerprint density at radius 2 is 0.597 bits per heavy atom. The molecule has 0 spiro atoms. The van der Waals surface area contributed by atoms with E-state index in [0.29, 0.717) is 6.42 Å². The Kier molecular flexibility index (Phi) is 60.9. The van der Waals surface area contributed by atoms with Crippen LogP contribution in [-0.4, -0.2) is 46.1 Å². The number of hydrogen-bond donors (Lipinski definition) is 4. The molecule has 0 saturated carbocycles. The van der Waals surface area contributed by atoms with Crippen molar-refractivity contribution in [2.75, 3.05) is 6.61 Å². The van der Waals surface area contributed by atoms with Gasteiger partial charge in [0.15, 0.2) is 0 Å². The molecule has 0 bridgehead atoms. The van der Waals surface area contributed by atoms with Crippen LogP contribution in [0.4, 0.5) is 0 Å². The standard InChI is InChI=1S/C67H129NO4/c1-3-5-7-9-11-13-15-17-19-21-23-25-27-29-30-31-32-33-34-35-36-37-38-40-42-44-46-48-50-52-54-56-58-60-64(70)62-67(72)68-65(63-69)66(71)61-59-57-55-53-51-49-47-45-43-41-39-28-26-24-22-20-18-16-14-12-10-8-6-4-2/h43,45,51,53,59,61,64-66,69-71H,3-42,44,46-50,52,54-58,60,62-63H2,1-2H3,(H,68,72)/b45-43+,53-51+,61-59+. The van der Waals surface area contributed by atoms with Crippen LogP contribution >= 0.6 is 0 Å². The molecule has 3 unspecified atom stereocenters. The third-order valence-electron chi connectivity index (χ3n) is 15.4. The molecule has 0 aliphatic carbocycles. The van der Waals surface area contributed by atoms with E-state index in [1.807, 2.05) is 6.08 Å². The summed E-state index contributed by atoms with van der Waals surface area (Å²) in [6.07, 6.45) is 82.4. The van der Waals surface area contributed by atoms with Gasteiger partial charge in [-0.3, -0.25) is 4.79 Å². The van der Waals surface area contributed by atoms with Crippen molar-refractivity contribution in [1.82, 2.24) is 5.32 Å². The van der Waals surface area contributed by atoms with E-state index in [1.165, 1.54) is 295 Å². The third-order valence-corrected chi connectivity index (χ3v) is 15.4. The normalized spacial score (nSPS) is 13.3. The summed E-state index contributed by atoms with van der Waals surface area (Å²) in [5, 5.41) is 33.5. The smallest absolute Gasteiger partial charge is 0.222 e. The van der Waals surface area contributed by atoms with Gasteiger partial charge in [-0.25, -0.2) is 0 Å². The summed E-state index contributed by atoms with van der Waals surface area (Å²) in [7, 11) is 0. The molecule has 0 aliphatic rings. The zero-order valence-electron chi connectivity index (χ0n) is 48.8. The van der Waals surface area contributed by atoms with Crippen molar-refractivity contribution in [3.63, 3.8) is 0 Å². The van der Waals surface area contributed by atoms with E-state index in [1.54, 1.807) is 6.08 Å². The van der Waals surface area contributed by atoms with Crippen molar-refractivity contribution in [2.45, 2.75) is 379 Å². The number of rotatable bonds is 61. The van der Waals surface area contributed by atoms with Gasteiger partial charge in [0.05, 0.1) is 31.3 Å². The van der Waals surface area contributed by atoms with E-state index in [-0.39, 0.29) is 18.9 Å². The molecule has 0 radical (unpaired) electrons. The van der Waals surface area contributed by atoms with Gasteiger partial charge in [-0.05, 0) is 44.9 Å². The number of unbranched alkanes of at least 4 members (excludes halogenated alkanes) is 48. The zero-order chi connectivity index (χ0) is 52.2. The fourth-order valence-corrected chi connectivity index (χ4v) is 10.4. The van der Waals surface area contributed by atoms with Crippen molar-refractivity contribution in [2.24, 2.45) is 0 Å². The minimum atomic E-state index is -0.960. The monoisotopic (exact) mass is 1010 g/mol. The van der Waals surface area contributed by atoms with Gasteiger partial charge < -0.3 is 20.6 Å². The second-order valence-corrected chi connectivity index (χ2v) is 22.7. The molecule has 0 aromatic rings. The van der Waals surface area contributed by atoms with E-state index in [0.717, 1.165) is 38.5 Å². The Morgan fingerprint density at radius 1 is 0.347 bits per heavy atom. The number of nitrogens with one attached hydrogen (secondary N) is 1. The molecule has 0 rings (SSSR count). The fourth-order valence-electron chi connectivity index (χ4n) is 10.4. The lowest BCUT2D eigenvalue weighted by Gasteiger charge is -2.21. The molecule has 0 aromatic carbocycles. The van der Waals surface area contributed by atoms with Crippen molar-refractivity contribution in [1.29, 1.82) is 0 Å². The van der Waals surface area contributed by atoms with Gasteiger partial charge in [0.1, 0.15) is 0 Å². The first kappa shape index (κ1) is 70.6. The molecular weight excluding hydrogens is 883 g/mol. The zero-order valence-corrected chi connectivity index (χ0v) is 48.8. The topological polar surface area (TPSA) is 89.8 Å². The maximum atomic E-state index is 12.6. The lowest BCUT2D eigenvalue weighted by Crippen LogP contribution is -2.45. The van der Waals surface area contributed by atoms with E-state index in [2.05, 4.69) is 43.5 Å². The SMILES string of the molecule is CCCCCCCCCCCCCCCC/C=C/CC/C=C/CC/C=C/C(O)C(CO)NC(=O)CC(O)CCCCCCCCCCCCCCCCCCCCCCCCCCCCCCCCCCC. The average Bonchev–Trinajstić information content (AvgIpc) is 3.38. The van der Waals surface area contributed by atoms with E-state index in [9.17, 15) is 20.1 Å². The first-order valence-corrected chi connectivity index (χ1v) is 32.8. The minimum Gasteiger partial charge on any atom is -0.394 e. The van der Waals surface area contributed by atoms with Crippen LogP contribution in [0.5, 0.6) is 0 Å². The van der Waals surface area contributed by atoms with Gasteiger partial charge >= 0.3 is 0 Å². The van der Waals surface area contributed by atoms with Crippen LogP contribution in [0.2, 0.25) is 0 Å². The predicted octanol–water partition coefficient (Wildman–Crippen LogP) is 21.0. The van der Waals surface area contributed by atoms with Crippen molar-refractivity contribution in [3.05, 3.63) is 36.5 Å². The summed E-state index contributed by atoms with van der Waals surface area (Å²) in [5.74, 6) is -0.323. The van der Waals surface area contributed by atoms with Crippen LogP contribution in [-0.2, 0) is 4.79 Å². The van der Waals surface area contributed by atoms with Gasteiger partial charge in [0.25, 0.3) is 0 Å². The van der Waals surface area contributed by atoms with Gasteiger partial charge in [-0.1, -0.05) is 346 Å². The molecule has 3 atom stereocenters. The molecule has 426 valence electrons. The Hall–Kier alpha value is -1.43. The molecule has 0 saturated heterocycles. The second-order valence-electron chi connectivity index (χ2n) is 22.7. The third kappa shape index (κ3) is 57.8. The predicted molar refractivity (Wildman–Crippen MR) is 319 cm³/mol. The lowest BCUT2D eigenvalue weighted by molar-refractivity contribution is -0.124. The van der Waals surface area contributed by atoms with Crippen molar-refractivity contribution >= 4 is 5.91 Å². The minimum absolute atomic E-state index is 0.00598. The molecule has 0 aliphatic heterocycles. The van der Waals surface area contributed by atoms with E-state index in [4.69, 9.17) is 0 Å². The first-order valence-electron chi connectivity index (χ1n) is 32.8. The van der Waals surface area contributed by atoms with Crippen LogP contribution in [0, 0.1) is 0 Å². The highest BCUT2D eigenvalue weighted by molar-refractivity contribution is 5.76. The van der Waals surface area contributed by atoms with Gasteiger partial charge in [0, 0.05) is 0 Å². The highest BCUT2D eigenvalue weighted by atomic mass is 16.3. The van der Waals surface area contributed by atoms with Crippen LogP contribution in [0.3, 0.4) is 0 Å². The molecule has 4 N–H and O–H groups in total. The quantitative estimate of drug-likeness (QED) is 0.0361. The fraction of sp³-hybridized carbons (Fsp3) is 0.896. The molecule has 0 fully saturated rings. The molecule has 0 aromatic heterocycles. The molecule has 72 heavy (non-hydrogen) atoms. The summed E-state index contributed by atoms with van der Waals surface area (Å²) in [6, 6.07) is -0.768. The number of hydrogen-bond acceptors (Lipinski definition) is 4. The highest BCUT2D eigenvalue weighted by Gasteiger charge is 2.20. The molecule has 0 heterocycles. The van der Waals surface area contributed by atoms with Gasteiger partial charge in [-0.15, -0.1) is 0 Å². The Morgan fingerprint density at radius 3 is 0.889 bits per heavy atom. The maximum Gasteiger partial charge on any atom is 0.222 e. The number of amides is 1. The summed E-state index contributed by atoms with van der Waals surface area (Å²) in [5.41, 5.74) is 0. The Bertz CT molecular complexity index is 1120. The number of carbonyl (C=O) groups is 1. The molecular formula is C67H129NO4. The Labute approximate surface area is 451 Å². The van der Waals surface area contributed by atoms with Crippen LogP contribution in [0.25, 0.3) is 0 Å². The maximum absolute atomic E-state index is 12.6. The van der Waals surface area contributed by atoms with Gasteiger partial charge in [0.2, 0.25) is 5.91 Å². The average molecular weight is 1010 g/mol. The first-order chi connectivity index (χ1) is 35.5. The number of aliphatic hydroxyl groups excluding tert-OH is 3. The summed E-state index contributed by atoms with van der Waals surface area (Å²) < 4.78 is 0. The highest BCUT2D eigenvalue weighted by Crippen LogP contribution is 2.19. The molecule has 5 nitrogen and oxygen atoms in total. The van der Waals surface area contributed by atoms with Crippen molar-refractivity contribution < 1.29 is 20.1 Å². The second kappa shape index (κ2) is 62.1. The van der Waals surface area contributed by atoms with E-state index < -0.39 is 18.2 Å². The summed E-state index contributed by atoms with van der Waals surface area (Å²) in [6.45, 7) is 4.24. The number of aliphatic hydroxyl groups is 3. The number of allylic oxidation sites excluding steroid dienone is 5. The lowest BCUT2D eigenvalue weighted by atomic mass is 10.0. The summed E-state index contributed by atoms with van der Waals surface area (Å²) in [4.78, 5) is 12.6. The van der Waals surface area contributed by atoms with E-state index >= 15 is 0 Å². The summed E-state index contributed by atoms with van der Waals surface area (Å²) >= 11 is 0. The largest absolute Gasteiger partial charge is 0.394 e.